The van der Waals surface area contributed by atoms with Crippen molar-refractivity contribution >= 4 is 23.1 Å². The van der Waals surface area contributed by atoms with Crippen LogP contribution in [0.15, 0.2) is 24.3 Å². The van der Waals surface area contributed by atoms with E-state index >= 15 is 0 Å². The Hall–Kier alpha value is -2.21. The van der Waals surface area contributed by atoms with Gasteiger partial charge >= 0.3 is 0 Å². The molecule has 19 heavy (non-hydrogen) atoms. The Morgan fingerprint density at radius 3 is 2.58 bits per heavy atom. The van der Waals surface area contributed by atoms with Crippen molar-refractivity contribution in [3.8, 4) is 11.4 Å². The average molecular weight is 278 g/mol. The molecule has 0 amide bonds. The van der Waals surface area contributed by atoms with Gasteiger partial charge in [0.05, 0.1) is 0 Å². The van der Waals surface area contributed by atoms with Crippen LogP contribution < -0.4 is 5.73 Å². The Morgan fingerprint density at radius 1 is 1.21 bits per heavy atom. The molecule has 0 atom stereocenters. The third-order valence-corrected chi connectivity index (χ3v) is 3.03. The summed E-state index contributed by atoms with van der Waals surface area (Å²) in [6, 6.07) is 5.89. The first kappa shape index (κ1) is 11.9. The quantitative estimate of drug-likeness (QED) is 0.742. The normalized spacial score (nSPS) is 11.1. The topological polar surface area (TPSA) is 69.1 Å². The number of aromatic nitrogens is 4. The number of fused-ring (bicyclic) bond motifs is 1. The molecule has 2 heterocycles. The Balaban J connectivity index is 2.34. The van der Waals surface area contributed by atoms with E-state index in [4.69, 9.17) is 17.3 Å². The Labute approximate surface area is 112 Å². The van der Waals surface area contributed by atoms with E-state index in [1.54, 1.807) is 19.1 Å². The van der Waals surface area contributed by atoms with Gasteiger partial charge in [-0.2, -0.15) is 4.52 Å². The molecule has 0 aliphatic rings. The number of hydrogen-bond acceptors (Lipinski definition) is 4. The second-order valence-electron chi connectivity index (χ2n) is 4.04. The highest BCUT2D eigenvalue weighted by atomic mass is 35.5. The highest BCUT2D eigenvalue weighted by Crippen LogP contribution is 2.27. The standard InChI is InChI=1S/C12H9ClFN5/c1-6-16-12-9(13)10(15)17-11(19(12)18-6)7-2-4-8(14)5-3-7/h2-5H,15H2,1H3. The van der Waals surface area contributed by atoms with Crippen LogP contribution in [0.25, 0.3) is 17.0 Å². The van der Waals surface area contributed by atoms with Crippen LogP contribution in [-0.4, -0.2) is 19.6 Å². The first-order chi connectivity index (χ1) is 9.06. The molecular formula is C12H9ClFN5. The van der Waals surface area contributed by atoms with Gasteiger partial charge in [-0.15, -0.1) is 5.10 Å². The molecule has 1 aromatic carbocycles. The predicted octanol–water partition coefficient (Wildman–Crippen LogP) is 2.47. The van der Waals surface area contributed by atoms with E-state index in [1.165, 1.54) is 16.6 Å². The molecule has 5 nitrogen and oxygen atoms in total. The lowest BCUT2D eigenvalue weighted by atomic mass is 10.2. The second kappa shape index (κ2) is 4.17. The molecule has 7 heteroatoms. The summed E-state index contributed by atoms with van der Waals surface area (Å²) in [4.78, 5) is 8.40. The number of halogens is 2. The summed E-state index contributed by atoms with van der Waals surface area (Å²) < 4.78 is 14.5. The van der Waals surface area contributed by atoms with Gasteiger partial charge in [-0.1, -0.05) is 11.6 Å². The number of nitrogens with two attached hydrogens (primary N) is 1. The van der Waals surface area contributed by atoms with Gasteiger partial charge in [0.15, 0.2) is 11.5 Å². The summed E-state index contributed by atoms with van der Waals surface area (Å²) in [7, 11) is 0. The Bertz CT molecular complexity index is 766. The number of benzene rings is 1. The molecule has 3 aromatic rings. The molecule has 2 aromatic heterocycles. The summed E-state index contributed by atoms with van der Waals surface area (Å²) in [6.07, 6.45) is 0. The summed E-state index contributed by atoms with van der Waals surface area (Å²) in [6.45, 7) is 1.74. The molecule has 0 fully saturated rings. The number of aryl methyl sites for hydroxylation is 1. The molecule has 96 valence electrons. The third kappa shape index (κ3) is 1.90. The lowest BCUT2D eigenvalue weighted by molar-refractivity contribution is 0.628. The molecule has 0 bridgehead atoms. The maximum Gasteiger partial charge on any atom is 0.180 e. The molecule has 0 aliphatic carbocycles. The first-order valence-electron chi connectivity index (χ1n) is 5.50. The van der Waals surface area contributed by atoms with Crippen LogP contribution in [0.3, 0.4) is 0 Å². The second-order valence-corrected chi connectivity index (χ2v) is 4.41. The average Bonchev–Trinajstić information content (AvgIpc) is 2.77. The van der Waals surface area contributed by atoms with E-state index in [0.29, 0.717) is 22.9 Å². The van der Waals surface area contributed by atoms with Crippen molar-refractivity contribution < 1.29 is 4.39 Å². The molecule has 0 spiro atoms. The minimum atomic E-state index is -0.322. The number of rotatable bonds is 1. The lowest BCUT2D eigenvalue weighted by Gasteiger charge is -2.06. The van der Waals surface area contributed by atoms with Crippen LogP contribution in [0.5, 0.6) is 0 Å². The molecule has 0 unspecified atom stereocenters. The van der Waals surface area contributed by atoms with Crippen molar-refractivity contribution in [2.24, 2.45) is 0 Å². The van der Waals surface area contributed by atoms with E-state index in [-0.39, 0.29) is 16.7 Å². The monoisotopic (exact) mass is 277 g/mol. The van der Waals surface area contributed by atoms with Crippen LogP contribution in [0.4, 0.5) is 10.2 Å². The van der Waals surface area contributed by atoms with Gasteiger partial charge in [0.2, 0.25) is 0 Å². The van der Waals surface area contributed by atoms with E-state index in [2.05, 4.69) is 15.1 Å². The zero-order valence-corrected chi connectivity index (χ0v) is 10.7. The van der Waals surface area contributed by atoms with E-state index in [9.17, 15) is 4.39 Å². The van der Waals surface area contributed by atoms with Crippen molar-refractivity contribution in [3.63, 3.8) is 0 Å². The zero-order valence-electron chi connectivity index (χ0n) is 9.93. The smallest absolute Gasteiger partial charge is 0.180 e. The van der Waals surface area contributed by atoms with Crippen LogP contribution in [0.1, 0.15) is 5.82 Å². The highest BCUT2D eigenvalue weighted by Gasteiger charge is 2.15. The van der Waals surface area contributed by atoms with Gasteiger partial charge in [-0.3, -0.25) is 0 Å². The van der Waals surface area contributed by atoms with E-state index < -0.39 is 0 Å². The van der Waals surface area contributed by atoms with E-state index in [0.717, 1.165) is 0 Å². The van der Waals surface area contributed by atoms with Crippen molar-refractivity contribution in [2.45, 2.75) is 6.92 Å². The molecule has 0 saturated heterocycles. The van der Waals surface area contributed by atoms with Crippen LogP contribution in [0, 0.1) is 12.7 Å². The minimum Gasteiger partial charge on any atom is -0.382 e. The van der Waals surface area contributed by atoms with Crippen molar-refractivity contribution in [3.05, 3.63) is 40.9 Å². The summed E-state index contributed by atoms with van der Waals surface area (Å²) >= 11 is 6.05. The minimum absolute atomic E-state index is 0.167. The molecule has 2 N–H and O–H groups in total. The summed E-state index contributed by atoms with van der Waals surface area (Å²) in [5, 5.41) is 4.48. The van der Waals surface area contributed by atoms with Gasteiger partial charge in [0.25, 0.3) is 0 Å². The van der Waals surface area contributed by atoms with Gasteiger partial charge < -0.3 is 5.73 Å². The number of hydrogen-bond donors (Lipinski definition) is 1. The van der Waals surface area contributed by atoms with Gasteiger partial charge in [-0.25, -0.2) is 14.4 Å². The number of nitrogens with zero attached hydrogens (tertiary/aromatic N) is 4. The van der Waals surface area contributed by atoms with E-state index in [1.807, 2.05) is 0 Å². The molecular weight excluding hydrogens is 269 g/mol. The van der Waals surface area contributed by atoms with Crippen molar-refractivity contribution in [1.82, 2.24) is 19.6 Å². The Morgan fingerprint density at radius 2 is 1.89 bits per heavy atom. The molecule has 0 radical (unpaired) electrons. The van der Waals surface area contributed by atoms with Crippen molar-refractivity contribution in [1.29, 1.82) is 0 Å². The fourth-order valence-electron chi connectivity index (χ4n) is 1.82. The largest absolute Gasteiger partial charge is 0.382 e. The highest BCUT2D eigenvalue weighted by molar-refractivity contribution is 6.35. The fraction of sp³-hybridized carbons (Fsp3) is 0.0833. The number of anilines is 1. The Kier molecular flexibility index (Phi) is 2.60. The fourth-order valence-corrected chi connectivity index (χ4v) is 1.98. The maximum absolute atomic E-state index is 13.0. The van der Waals surface area contributed by atoms with Gasteiger partial charge in [-0.05, 0) is 31.2 Å². The maximum atomic E-state index is 13.0. The molecule has 0 saturated carbocycles. The van der Waals surface area contributed by atoms with Gasteiger partial charge in [0.1, 0.15) is 22.5 Å². The van der Waals surface area contributed by atoms with Gasteiger partial charge in [0, 0.05) is 5.56 Å². The van der Waals surface area contributed by atoms with Crippen LogP contribution >= 0.6 is 11.6 Å². The predicted molar refractivity (Wildman–Crippen MR) is 70.3 cm³/mol. The zero-order chi connectivity index (χ0) is 13.6. The summed E-state index contributed by atoms with van der Waals surface area (Å²) in [5.41, 5.74) is 6.88. The lowest BCUT2D eigenvalue weighted by Crippen LogP contribution is -2.03. The van der Waals surface area contributed by atoms with Crippen LogP contribution in [-0.2, 0) is 0 Å². The van der Waals surface area contributed by atoms with Crippen molar-refractivity contribution in [2.75, 3.05) is 5.73 Å². The first-order valence-corrected chi connectivity index (χ1v) is 5.88. The summed E-state index contributed by atoms with van der Waals surface area (Å²) in [5.74, 6) is 0.868. The molecule has 3 rings (SSSR count). The van der Waals surface area contributed by atoms with Crippen LogP contribution in [0.2, 0.25) is 5.02 Å². The SMILES string of the molecule is Cc1nc2c(Cl)c(N)nc(-c3ccc(F)cc3)n2n1. The third-order valence-electron chi connectivity index (χ3n) is 2.66. The number of nitrogen functional groups attached to an aromatic ring is 1. The molecule has 0 aliphatic heterocycles.